The van der Waals surface area contributed by atoms with Crippen molar-refractivity contribution in [3.05, 3.63) is 17.7 Å². The second-order valence-corrected chi connectivity index (χ2v) is 5.64. The highest BCUT2D eigenvalue weighted by Gasteiger charge is 2.24. The summed E-state index contributed by atoms with van der Waals surface area (Å²) >= 11 is 0. The highest BCUT2D eigenvalue weighted by Crippen LogP contribution is 2.38. The van der Waals surface area contributed by atoms with Gasteiger partial charge in [0.05, 0.1) is 21.3 Å². The molecule has 118 valence electrons. The van der Waals surface area contributed by atoms with E-state index in [0.29, 0.717) is 29.3 Å². The summed E-state index contributed by atoms with van der Waals surface area (Å²) in [5.41, 5.74) is 7.19. The molecule has 1 aromatic carbocycles. The Labute approximate surface area is 127 Å². The summed E-state index contributed by atoms with van der Waals surface area (Å²) in [7, 11) is 4.90. The maximum Gasteiger partial charge on any atom is 0.203 e. The SMILES string of the molecule is COc1cc(CN2CC[C@@H](N)C[C@@H]2C)cc(OC)c1OC. The van der Waals surface area contributed by atoms with Gasteiger partial charge in [-0.2, -0.15) is 0 Å². The zero-order valence-corrected chi connectivity index (χ0v) is 13.4. The number of hydrogen-bond donors (Lipinski definition) is 1. The summed E-state index contributed by atoms with van der Waals surface area (Å²) in [6.45, 7) is 4.13. The molecule has 1 aromatic rings. The number of ether oxygens (including phenoxy) is 3. The quantitative estimate of drug-likeness (QED) is 0.900. The van der Waals surface area contributed by atoms with E-state index >= 15 is 0 Å². The third-order valence-electron chi connectivity index (χ3n) is 4.16. The molecular weight excluding hydrogens is 268 g/mol. The monoisotopic (exact) mass is 294 g/mol. The first-order valence-corrected chi connectivity index (χ1v) is 7.37. The number of likely N-dealkylation sites (tertiary alicyclic amines) is 1. The molecule has 1 saturated heterocycles. The van der Waals surface area contributed by atoms with Gasteiger partial charge < -0.3 is 19.9 Å². The first-order chi connectivity index (χ1) is 10.1. The first kappa shape index (κ1) is 15.9. The number of nitrogens with two attached hydrogens (primary N) is 1. The molecule has 0 aromatic heterocycles. The van der Waals surface area contributed by atoms with Crippen molar-refractivity contribution in [1.82, 2.24) is 4.90 Å². The van der Waals surface area contributed by atoms with E-state index in [1.807, 2.05) is 12.1 Å². The van der Waals surface area contributed by atoms with E-state index in [1.165, 1.54) is 0 Å². The number of nitrogens with zero attached hydrogens (tertiary/aromatic N) is 1. The smallest absolute Gasteiger partial charge is 0.203 e. The average Bonchev–Trinajstić information content (AvgIpc) is 2.49. The van der Waals surface area contributed by atoms with E-state index in [9.17, 15) is 0 Å². The van der Waals surface area contributed by atoms with Gasteiger partial charge in [0.1, 0.15) is 0 Å². The van der Waals surface area contributed by atoms with E-state index < -0.39 is 0 Å². The second kappa shape index (κ2) is 7.00. The van der Waals surface area contributed by atoms with Crippen LogP contribution in [0.15, 0.2) is 12.1 Å². The Hall–Kier alpha value is -1.46. The van der Waals surface area contributed by atoms with Gasteiger partial charge in [-0.25, -0.2) is 0 Å². The molecule has 1 heterocycles. The number of piperidine rings is 1. The van der Waals surface area contributed by atoms with Gasteiger partial charge in [0, 0.05) is 25.2 Å². The molecular formula is C16H26N2O3. The van der Waals surface area contributed by atoms with Crippen LogP contribution in [-0.4, -0.2) is 44.9 Å². The number of methoxy groups -OCH3 is 3. The molecule has 0 saturated carbocycles. The van der Waals surface area contributed by atoms with Crippen LogP contribution in [0.25, 0.3) is 0 Å². The van der Waals surface area contributed by atoms with Crippen LogP contribution in [0.3, 0.4) is 0 Å². The predicted octanol–water partition coefficient (Wildman–Crippen LogP) is 2.02. The molecule has 1 aliphatic heterocycles. The molecule has 5 heteroatoms. The van der Waals surface area contributed by atoms with Crippen molar-refractivity contribution in [1.29, 1.82) is 0 Å². The summed E-state index contributed by atoms with van der Waals surface area (Å²) in [5.74, 6) is 2.04. The van der Waals surface area contributed by atoms with Crippen LogP contribution in [0.5, 0.6) is 17.2 Å². The van der Waals surface area contributed by atoms with Crippen LogP contribution >= 0.6 is 0 Å². The van der Waals surface area contributed by atoms with Crippen molar-refractivity contribution in [3.8, 4) is 17.2 Å². The zero-order valence-electron chi connectivity index (χ0n) is 13.4. The maximum absolute atomic E-state index is 6.03. The minimum Gasteiger partial charge on any atom is -0.493 e. The minimum absolute atomic E-state index is 0.330. The third kappa shape index (κ3) is 3.60. The van der Waals surface area contributed by atoms with Gasteiger partial charge in [-0.3, -0.25) is 4.90 Å². The Morgan fingerprint density at radius 3 is 2.24 bits per heavy atom. The molecule has 1 aliphatic rings. The molecule has 21 heavy (non-hydrogen) atoms. The molecule has 0 amide bonds. The van der Waals surface area contributed by atoms with Gasteiger partial charge >= 0.3 is 0 Å². The minimum atomic E-state index is 0.330. The van der Waals surface area contributed by atoms with Crippen molar-refractivity contribution in [2.24, 2.45) is 5.73 Å². The van der Waals surface area contributed by atoms with Gasteiger partial charge in [-0.05, 0) is 37.5 Å². The van der Waals surface area contributed by atoms with Crippen LogP contribution in [0.1, 0.15) is 25.3 Å². The van der Waals surface area contributed by atoms with Gasteiger partial charge in [0.25, 0.3) is 0 Å². The van der Waals surface area contributed by atoms with Crippen LogP contribution in [-0.2, 0) is 6.54 Å². The normalized spacial score (nSPS) is 22.9. The van der Waals surface area contributed by atoms with Gasteiger partial charge in [0.2, 0.25) is 5.75 Å². The largest absolute Gasteiger partial charge is 0.493 e. The summed E-state index contributed by atoms with van der Waals surface area (Å²) in [6, 6.07) is 4.86. The van der Waals surface area contributed by atoms with Crippen molar-refractivity contribution in [3.63, 3.8) is 0 Å². The Kier molecular flexibility index (Phi) is 5.31. The van der Waals surface area contributed by atoms with Gasteiger partial charge in [0.15, 0.2) is 11.5 Å². The van der Waals surface area contributed by atoms with Crippen LogP contribution in [0, 0.1) is 0 Å². The lowest BCUT2D eigenvalue weighted by molar-refractivity contribution is 0.139. The maximum atomic E-state index is 6.03. The lowest BCUT2D eigenvalue weighted by Crippen LogP contribution is -2.44. The topological polar surface area (TPSA) is 57.0 Å². The van der Waals surface area contributed by atoms with Crippen LogP contribution < -0.4 is 19.9 Å². The molecule has 1 fully saturated rings. The van der Waals surface area contributed by atoms with Gasteiger partial charge in [-0.1, -0.05) is 0 Å². The lowest BCUT2D eigenvalue weighted by atomic mass is 9.98. The predicted molar refractivity (Wildman–Crippen MR) is 83.2 cm³/mol. The molecule has 2 rings (SSSR count). The number of rotatable bonds is 5. The first-order valence-electron chi connectivity index (χ1n) is 7.37. The Balaban J connectivity index is 2.20. The van der Waals surface area contributed by atoms with Crippen molar-refractivity contribution < 1.29 is 14.2 Å². The molecule has 0 unspecified atom stereocenters. The average molecular weight is 294 g/mol. The number of hydrogen-bond acceptors (Lipinski definition) is 5. The van der Waals surface area contributed by atoms with Crippen molar-refractivity contribution >= 4 is 0 Å². The summed E-state index contributed by atoms with van der Waals surface area (Å²) in [5, 5.41) is 0. The van der Waals surface area contributed by atoms with E-state index in [1.54, 1.807) is 21.3 Å². The fraction of sp³-hybridized carbons (Fsp3) is 0.625. The highest BCUT2D eigenvalue weighted by atomic mass is 16.5. The van der Waals surface area contributed by atoms with Crippen molar-refractivity contribution in [2.45, 2.75) is 38.4 Å². The fourth-order valence-corrected chi connectivity index (χ4v) is 2.95. The Morgan fingerprint density at radius 2 is 1.76 bits per heavy atom. The van der Waals surface area contributed by atoms with Crippen LogP contribution in [0.2, 0.25) is 0 Å². The third-order valence-corrected chi connectivity index (χ3v) is 4.16. The highest BCUT2D eigenvalue weighted by molar-refractivity contribution is 5.53. The summed E-state index contributed by atoms with van der Waals surface area (Å²) in [4.78, 5) is 2.45. The molecule has 0 radical (unpaired) electrons. The number of benzene rings is 1. The van der Waals surface area contributed by atoms with Crippen LogP contribution in [0.4, 0.5) is 0 Å². The summed E-state index contributed by atoms with van der Waals surface area (Å²) in [6.07, 6.45) is 2.10. The molecule has 5 nitrogen and oxygen atoms in total. The fourth-order valence-electron chi connectivity index (χ4n) is 2.95. The second-order valence-electron chi connectivity index (χ2n) is 5.64. The Bertz CT molecular complexity index is 454. The molecule has 0 bridgehead atoms. The van der Waals surface area contributed by atoms with E-state index in [2.05, 4.69) is 11.8 Å². The molecule has 2 atom stereocenters. The Morgan fingerprint density at radius 1 is 1.14 bits per heavy atom. The molecule has 2 N–H and O–H groups in total. The molecule has 0 aliphatic carbocycles. The van der Waals surface area contributed by atoms with Gasteiger partial charge in [-0.15, -0.1) is 0 Å². The zero-order chi connectivity index (χ0) is 15.4. The van der Waals surface area contributed by atoms with Crippen molar-refractivity contribution in [2.75, 3.05) is 27.9 Å². The molecule has 0 spiro atoms. The van der Waals surface area contributed by atoms with E-state index in [4.69, 9.17) is 19.9 Å². The van der Waals surface area contributed by atoms with E-state index in [-0.39, 0.29) is 0 Å². The standard InChI is InChI=1S/C16H26N2O3/c1-11-7-13(17)5-6-18(11)10-12-8-14(19-2)16(21-4)15(9-12)20-3/h8-9,11,13H,5-7,10,17H2,1-4H3/t11-,13+/m0/s1. The van der Waals surface area contributed by atoms with E-state index in [0.717, 1.165) is 31.5 Å². The summed E-state index contributed by atoms with van der Waals surface area (Å²) < 4.78 is 16.2. The lowest BCUT2D eigenvalue weighted by Gasteiger charge is -2.36.